The third-order valence-electron chi connectivity index (χ3n) is 2.39. The fourth-order valence-electron chi connectivity index (χ4n) is 1.47. The van der Waals surface area contributed by atoms with Gasteiger partial charge in [0.1, 0.15) is 4.88 Å². The predicted octanol–water partition coefficient (Wildman–Crippen LogP) is 2.73. The molecule has 0 radical (unpaired) electrons. The van der Waals surface area contributed by atoms with Gasteiger partial charge in [-0.25, -0.2) is 4.98 Å². The molecule has 5 nitrogen and oxygen atoms in total. The summed E-state index contributed by atoms with van der Waals surface area (Å²) in [6, 6.07) is 5.02. The zero-order chi connectivity index (χ0) is 14.7. The van der Waals surface area contributed by atoms with Gasteiger partial charge in [-0.3, -0.25) is 9.59 Å². The van der Waals surface area contributed by atoms with Crippen molar-refractivity contribution in [1.29, 1.82) is 0 Å². The Bertz CT molecular complexity index is 652. The summed E-state index contributed by atoms with van der Waals surface area (Å²) in [4.78, 5) is 27.0. The number of nitrogens with two attached hydrogens (primary N) is 1. The molecule has 0 atom stereocenters. The van der Waals surface area contributed by atoms with Gasteiger partial charge in [-0.1, -0.05) is 40.6 Å². The number of amides is 2. The first-order valence-corrected chi connectivity index (χ1v) is 7.03. The molecule has 2 amide bonds. The summed E-state index contributed by atoms with van der Waals surface area (Å²) in [5.41, 5.74) is 5.65. The van der Waals surface area contributed by atoms with Crippen molar-refractivity contribution in [2.75, 3.05) is 5.32 Å². The molecule has 0 aliphatic carbocycles. The quantitative estimate of drug-likeness (QED) is 0.904. The van der Waals surface area contributed by atoms with Crippen LogP contribution < -0.4 is 11.1 Å². The van der Waals surface area contributed by atoms with Crippen LogP contribution >= 0.6 is 34.5 Å². The van der Waals surface area contributed by atoms with E-state index in [9.17, 15) is 9.59 Å². The maximum atomic E-state index is 11.9. The zero-order valence-corrected chi connectivity index (χ0v) is 12.4. The number of rotatable bonds is 4. The molecule has 1 aromatic carbocycles. The second-order valence-electron chi connectivity index (χ2n) is 3.82. The summed E-state index contributed by atoms with van der Waals surface area (Å²) in [6.45, 7) is 0. The minimum atomic E-state index is -0.586. The topological polar surface area (TPSA) is 85.1 Å². The van der Waals surface area contributed by atoms with Crippen LogP contribution in [0.4, 0.5) is 5.13 Å². The second kappa shape index (κ2) is 6.21. The smallest absolute Gasteiger partial charge is 0.260 e. The maximum absolute atomic E-state index is 11.9. The number of thiazole rings is 1. The molecule has 20 heavy (non-hydrogen) atoms. The molecule has 2 aromatic rings. The van der Waals surface area contributed by atoms with Gasteiger partial charge in [0.05, 0.1) is 12.6 Å². The molecule has 0 fully saturated rings. The van der Waals surface area contributed by atoms with Crippen LogP contribution in [0.2, 0.25) is 10.0 Å². The second-order valence-corrected chi connectivity index (χ2v) is 5.66. The Labute approximate surface area is 128 Å². The van der Waals surface area contributed by atoms with E-state index < -0.39 is 5.91 Å². The Kier molecular flexibility index (Phi) is 4.59. The van der Waals surface area contributed by atoms with Crippen molar-refractivity contribution < 1.29 is 9.59 Å². The summed E-state index contributed by atoms with van der Waals surface area (Å²) < 4.78 is 0. The molecule has 2 rings (SSSR count). The molecule has 0 spiro atoms. The van der Waals surface area contributed by atoms with Crippen molar-refractivity contribution in [2.24, 2.45) is 5.73 Å². The van der Waals surface area contributed by atoms with Gasteiger partial charge < -0.3 is 11.1 Å². The number of hydrogen-bond donors (Lipinski definition) is 2. The number of hydrogen-bond acceptors (Lipinski definition) is 4. The third kappa shape index (κ3) is 3.47. The lowest BCUT2D eigenvalue weighted by atomic mass is 10.1. The van der Waals surface area contributed by atoms with Crippen LogP contribution in [0.3, 0.4) is 0 Å². The monoisotopic (exact) mass is 329 g/mol. The number of nitrogens with one attached hydrogen (secondary N) is 1. The molecular weight excluding hydrogens is 321 g/mol. The van der Waals surface area contributed by atoms with Crippen molar-refractivity contribution in [3.8, 4) is 0 Å². The number of primary amides is 1. The highest BCUT2D eigenvalue weighted by Gasteiger charge is 2.13. The number of benzene rings is 1. The van der Waals surface area contributed by atoms with Crippen LogP contribution in [0.5, 0.6) is 0 Å². The predicted molar refractivity (Wildman–Crippen MR) is 79.4 cm³/mol. The number of carbonyl (C=O) groups excluding carboxylic acids is 2. The van der Waals surface area contributed by atoms with Crippen LogP contribution in [0, 0.1) is 0 Å². The molecule has 0 unspecified atom stereocenters. The minimum Gasteiger partial charge on any atom is -0.365 e. The van der Waals surface area contributed by atoms with E-state index in [0.29, 0.717) is 20.7 Å². The highest BCUT2D eigenvalue weighted by Crippen LogP contribution is 2.25. The summed E-state index contributed by atoms with van der Waals surface area (Å²) in [6.07, 6.45) is 1.33. The van der Waals surface area contributed by atoms with Crippen LogP contribution in [-0.4, -0.2) is 16.8 Å². The fourth-order valence-corrected chi connectivity index (χ4v) is 2.69. The zero-order valence-electron chi connectivity index (χ0n) is 10.0. The lowest BCUT2D eigenvalue weighted by molar-refractivity contribution is -0.115. The number of halogens is 2. The first-order chi connectivity index (χ1) is 9.47. The van der Waals surface area contributed by atoms with E-state index in [-0.39, 0.29) is 17.2 Å². The standard InChI is InChI=1S/C12H9Cl2N3O2S/c13-7-2-1-3-8(14)6(7)4-10(18)17-12-16-5-9(20-12)11(15)19/h1-3,5H,4H2,(H2,15,19)(H,16,17,18). The van der Waals surface area contributed by atoms with Gasteiger partial charge in [-0.15, -0.1) is 0 Å². The lowest BCUT2D eigenvalue weighted by Crippen LogP contribution is -2.14. The maximum Gasteiger partial charge on any atom is 0.260 e. The first kappa shape index (κ1) is 14.8. The number of aromatic nitrogens is 1. The van der Waals surface area contributed by atoms with Crippen molar-refractivity contribution in [2.45, 2.75) is 6.42 Å². The van der Waals surface area contributed by atoms with E-state index in [2.05, 4.69) is 10.3 Å². The molecule has 3 N–H and O–H groups in total. The molecule has 1 aromatic heterocycles. The van der Waals surface area contributed by atoms with Crippen LogP contribution in [-0.2, 0) is 11.2 Å². The highest BCUT2D eigenvalue weighted by atomic mass is 35.5. The molecule has 0 saturated carbocycles. The summed E-state index contributed by atoms with van der Waals surface area (Å²) in [5.74, 6) is -0.914. The molecule has 0 aliphatic rings. The SMILES string of the molecule is NC(=O)c1cnc(NC(=O)Cc2c(Cl)cccc2Cl)s1. The van der Waals surface area contributed by atoms with E-state index >= 15 is 0 Å². The normalized spacial score (nSPS) is 10.3. The molecular formula is C12H9Cl2N3O2S. The number of nitrogens with zero attached hydrogens (tertiary/aromatic N) is 1. The van der Waals surface area contributed by atoms with Crippen LogP contribution in [0.1, 0.15) is 15.2 Å². The molecule has 0 saturated heterocycles. The van der Waals surface area contributed by atoms with Crippen molar-refractivity contribution in [1.82, 2.24) is 4.98 Å². The van der Waals surface area contributed by atoms with E-state index in [4.69, 9.17) is 28.9 Å². The molecule has 8 heteroatoms. The van der Waals surface area contributed by atoms with Crippen molar-refractivity contribution in [3.63, 3.8) is 0 Å². The van der Waals surface area contributed by atoms with Crippen LogP contribution in [0.25, 0.3) is 0 Å². The Hall–Kier alpha value is -1.63. The average Bonchev–Trinajstić information content (AvgIpc) is 2.82. The van der Waals surface area contributed by atoms with Gasteiger partial charge in [-0.05, 0) is 17.7 Å². The van der Waals surface area contributed by atoms with Gasteiger partial charge >= 0.3 is 0 Å². The van der Waals surface area contributed by atoms with E-state index in [1.54, 1.807) is 18.2 Å². The van der Waals surface area contributed by atoms with E-state index in [1.165, 1.54) is 6.20 Å². The number of carbonyl (C=O) groups is 2. The Balaban J connectivity index is 2.07. The van der Waals surface area contributed by atoms with E-state index in [0.717, 1.165) is 11.3 Å². The molecule has 0 aliphatic heterocycles. The fraction of sp³-hybridized carbons (Fsp3) is 0.0833. The van der Waals surface area contributed by atoms with Crippen molar-refractivity contribution in [3.05, 3.63) is 44.9 Å². The molecule has 0 bridgehead atoms. The van der Waals surface area contributed by atoms with Crippen molar-refractivity contribution >= 4 is 51.5 Å². The summed E-state index contributed by atoms with van der Waals surface area (Å²) in [5, 5.41) is 3.70. The third-order valence-corrected chi connectivity index (χ3v) is 4.03. The minimum absolute atomic E-state index is 0.0178. The van der Waals surface area contributed by atoms with Gasteiger partial charge in [0.25, 0.3) is 5.91 Å². The Morgan fingerprint density at radius 2 is 1.95 bits per heavy atom. The summed E-state index contributed by atoms with van der Waals surface area (Å²) in [7, 11) is 0. The summed E-state index contributed by atoms with van der Waals surface area (Å²) >= 11 is 13.0. The highest BCUT2D eigenvalue weighted by molar-refractivity contribution is 7.17. The number of anilines is 1. The average molecular weight is 330 g/mol. The molecule has 1 heterocycles. The molecule has 104 valence electrons. The van der Waals surface area contributed by atoms with Crippen LogP contribution in [0.15, 0.2) is 24.4 Å². The lowest BCUT2D eigenvalue weighted by Gasteiger charge is -2.06. The van der Waals surface area contributed by atoms with Gasteiger partial charge in [0.2, 0.25) is 5.91 Å². The Morgan fingerprint density at radius 1 is 1.30 bits per heavy atom. The van der Waals surface area contributed by atoms with Gasteiger partial charge in [-0.2, -0.15) is 0 Å². The van der Waals surface area contributed by atoms with Gasteiger partial charge in [0, 0.05) is 10.0 Å². The Morgan fingerprint density at radius 3 is 2.50 bits per heavy atom. The van der Waals surface area contributed by atoms with Gasteiger partial charge in [0.15, 0.2) is 5.13 Å². The largest absolute Gasteiger partial charge is 0.365 e. The first-order valence-electron chi connectivity index (χ1n) is 5.45. The van der Waals surface area contributed by atoms with E-state index in [1.807, 2.05) is 0 Å².